The van der Waals surface area contributed by atoms with E-state index in [0.29, 0.717) is 29.8 Å². The summed E-state index contributed by atoms with van der Waals surface area (Å²) in [6.45, 7) is 7.05. The van der Waals surface area contributed by atoms with E-state index in [2.05, 4.69) is 30.7 Å². The van der Waals surface area contributed by atoms with Gasteiger partial charge in [0, 0.05) is 30.4 Å². The first-order valence-corrected chi connectivity index (χ1v) is 14.3. The first-order chi connectivity index (χ1) is 17.0. The molecule has 2 aromatic heterocycles. The second-order valence-electron chi connectivity index (χ2n) is 11.4. The number of fused-ring (bicyclic) bond motifs is 1. The first-order valence-electron chi connectivity index (χ1n) is 12.9. The Kier molecular flexibility index (Phi) is 6.47. The number of alkyl halides is 1. The second-order valence-corrected chi connectivity index (χ2v) is 13.3. The molecule has 0 unspecified atom stereocenters. The Morgan fingerprint density at radius 1 is 1.11 bits per heavy atom. The Balaban J connectivity index is 1.42. The van der Waals surface area contributed by atoms with Gasteiger partial charge < -0.3 is 9.88 Å². The molecule has 36 heavy (non-hydrogen) atoms. The highest BCUT2D eigenvalue weighted by atomic mass is 32.2. The molecule has 2 heterocycles. The van der Waals surface area contributed by atoms with Crippen molar-refractivity contribution in [3.05, 3.63) is 48.0 Å². The minimum Gasteiger partial charge on any atom is -0.353 e. The van der Waals surface area contributed by atoms with Crippen molar-refractivity contribution < 1.29 is 17.6 Å². The van der Waals surface area contributed by atoms with Gasteiger partial charge in [0.1, 0.15) is 12.0 Å². The van der Waals surface area contributed by atoms with Crippen LogP contribution in [-0.4, -0.2) is 40.1 Å². The van der Waals surface area contributed by atoms with Crippen LogP contribution in [0.25, 0.3) is 11.0 Å². The predicted octanol–water partition coefficient (Wildman–Crippen LogP) is 4.72. The van der Waals surface area contributed by atoms with Crippen LogP contribution < -0.4 is 5.32 Å². The van der Waals surface area contributed by atoms with E-state index in [4.69, 9.17) is 4.98 Å². The van der Waals surface area contributed by atoms with Gasteiger partial charge in [-0.1, -0.05) is 20.8 Å². The van der Waals surface area contributed by atoms with Crippen molar-refractivity contribution in [1.29, 1.82) is 0 Å². The zero-order valence-electron chi connectivity index (χ0n) is 21.2. The van der Waals surface area contributed by atoms with E-state index in [1.54, 1.807) is 18.2 Å². The third kappa shape index (κ3) is 5.21. The van der Waals surface area contributed by atoms with Gasteiger partial charge in [-0.2, -0.15) is 0 Å². The smallest absolute Gasteiger partial charge is 0.267 e. The summed E-state index contributed by atoms with van der Waals surface area (Å²) in [5.74, 6) is 1.20. The Morgan fingerprint density at radius 3 is 2.50 bits per heavy atom. The van der Waals surface area contributed by atoms with Crippen molar-refractivity contribution in [2.24, 2.45) is 5.92 Å². The predicted molar refractivity (Wildman–Crippen MR) is 137 cm³/mol. The number of carbonyl (C=O) groups is 1. The first kappa shape index (κ1) is 25.0. The Bertz CT molecular complexity index is 1370. The van der Waals surface area contributed by atoms with Crippen molar-refractivity contribution >= 4 is 27.0 Å². The molecule has 194 valence electrons. The molecule has 0 bridgehead atoms. The molecular weight excluding hydrogens is 479 g/mol. The molecule has 2 fully saturated rings. The molecule has 0 saturated heterocycles. The lowest BCUT2D eigenvalue weighted by molar-refractivity contribution is -0.120. The number of imidazole rings is 1. The van der Waals surface area contributed by atoms with Crippen LogP contribution in [0.2, 0.25) is 0 Å². The summed E-state index contributed by atoms with van der Waals surface area (Å²) in [7, 11) is -3.83. The van der Waals surface area contributed by atoms with Crippen LogP contribution in [0.5, 0.6) is 0 Å². The van der Waals surface area contributed by atoms with Crippen LogP contribution in [0.3, 0.4) is 0 Å². The third-order valence-corrected chi connectivity index (χ3v) is 8.85. The summed E-state index contributed by atoms with van der Waals surface area (Å²) in [5, 5.41) is 2.93. The van der Waals surface area contributed by atoms with Crippen LogP contribution in [0.15, 0.2) is 41.6 Å². The minimum atomic E-state index is -3.83. The van der Waals surface area contributed by atoms with Gasteiger partial charge in [-0.05, 0) is 74.3 Å². The number of carbonyl (C=O) groups excluding carboxylic acids is 1. The van der Waals surface area contributed by atoms with Gasteiger partial charge in [-0.15, -0.1) is 0 Å². The summed E-state index contributed by atoms with van der Waals surface area (Å²) in [4.78, 5) is 17.1. The van der Waals surface area contributed by atoms with Gasteiger partial charge in [0.15, 0.2) is 0 Å². The molecular formula is C27H35FN4O3S. The van der Waals surface area contributed by atoms with Crippen molar-refractivity contribution in [3.63, 3.8) is 0 Å². The highest BCUT2D eigenvalue weighted by molar-refractivity contribution is 7.90. The SMILES string of the molecule is CC(C)(C)c1nc2cc(S(=O)(=O)n3ccc(CC(=O)NC4CC4)c3)ccc2n1CC1CCC(F)CC1. The summed E-state index contributed by atoms with van der Waals surface area (Å²) in [6, 6.07) is 7.03. The van der Waals surface area contributed by atoms with Crippen LogP contribution >= 0.6 is 0 Å². The molecule has 2 aliphatic carbocycles. The molecule has 5 rings (SSSR count). The number of benzene rings is 1. The zero-order chi connectivity index (χ0) is 25.7. The molecule has 9 heteroatoms. The standard InChI is InChI=1S/C27H35FN4O3S/c1-27(2,3)26-30-23-15-22(10-11-24(23)32(26)17-18-4-6-20(28)7-5-18)36(34,35)31-13-12-19(16-31)14-25(33)29-21-8-9-21/h10-13,15-16,18,20-21H,4-9,14,17H2,1-3H3,(H,29,33). The monoisotopic (exact) mass is 514 g/mol. The molecule has 1 N–H and O–H groups in total. The van der Waals surface area contributed by atoms with Crippen LogP contribution in [0.4, 0.5) is 4.39 Å². The Hall–Kier alpha value is -2.68. The normalized spacial score (nSPS) is 21.1. The van der Waals surface area contributed by atoms with Crippen molar-refractivity contribution in [2.75, 3.05) is 0 Å². The average Bonchev–Trinajstić information content (AvgIpc) is 3.35. The topological polar surface area (TPSA) is 86.0 Å². The van der Waals surface area contributed by atoms with E-state index in [-0.39, 0.29) is 28.7 Å². The summed E-state index contributed by atoms with van der Waals surface area (Å²) < 4.78 is 43.8. The van der Waals surface area contributed by atoms with Crippen molar-refractivity contribution in [2.45, 2.75) is 94.8 Å². The number of amides is 1. The lowest BCUT2D eigenvalue weighted by Gasteiger charge is -2.27. The lowest BCUT2D eigenvalue weighted by Crippen LogP contribution is -2.26. The van der Waals surface area contributed by atoms with Crippen LogP contribution in [0.1, 0.15) is 70.7 Å². The van der Waals surface area contributed by atoms with E-state index in [1.165, 1.54) is 16.4 Å². The molecule has 2 saturated carbocycles. The van der Waals surface area contributed by atoms with Crippen LogP contribution in [-0.2, 0) is 33.2 Å². The highest BCUT2D eigenvalue weighted by Gasteiger charge is 2.28. The zero-order valence-corrected chi connectivity index (χ0v) is 22.0. The van der Waals surface area contributed by atoms with E-state index in [1.807, 2.05) is 6.07 Å². The number of hydrogen-bond acceptors (Lipinski definition) is 4. The van der Waals surface area contributed by atoms with Gasteiger partial charge in [-0.3, -0.25) is 4.79 Å². The van der Waals surface area contributed by atoms with Crippen molar-refractivity contribution in [3.8, 4) is 0 Å². The van der Waals surface area contributed by atoms with Gasteiger partial charge >= 0.3 is 0 Å². The maximum Gasteiger partial charge on any atom is 0.267 e. The summed E-state index contributed by atoms with van der Waals surface area (Å²) in [6.07, 6.45) is 7.38. The third-order valence-electron chi connectivity index (χ3n) is 7.22. The molecule has 0 spiro atoms. The average molecular weight is 515 g/mol. The summed E-state index contributed by atoms with van der Waals surface area (Å²) in [5.41, 5.74) is 1.95. The van der Waals surface area contributed by atoms with E-state index >= 15 is 0 Å². The van der Waals surface area contributed by atoms with E-state index in [0.717, 1.165) is 43.6 Å². The molecule has 0 atom stereocenters. The fourth-order valence-corrected chi connectivity index (χ4v) is 6.32. The Morgan fingerprint density at radius 2 is 1.83 bits per heavy atom. The molecule has 0 radical (unpaired) electrons. The molecule has 1 amide bonds. The number of nitrogens with zero attached hydrogens (tertiary/aromatic N) is 3. The van der Waals surface area contributed by atoms with Gasteiger partial charge in [-0.25, -0.2) is 21.8 Å². The largest absolute Gasteiger partial charge is 0.353 e. The van der Waals surface area contributed by atoms with E-state index < -0.39 is 16.2 Å². The molecule has 3 aromatic rings. The number of aromatic nitrogens is 3. The lowest BCUT2D eigenvalue weighted by atomic mass is 9.87. The molecule has 0 aliphatic heterocycles. The summed E-state index contributed by atoms with van der Waals surface area (Å²) >= 11 is 0. The number of nitrogens with one attached hydrogen (secondary N) is 1. The molecule has 2 aliphatic rings. The second kappa shape index (κ2) is 9.32. The number of hydrogen-bond donors (Lipinski definition) is 1. The van der Waals surface area contributed by atoms with Crippen LogP contribution in [0, 0.1) is 5.92 Å². The fourth-order valence-electron chi connectivity index (χ4n) is 5.08. The molecule has 1 aromatic carbocycles. The van der Waals surface area contributed by atoms with E-state index in [9.17, 15) is 17.6 Å². The van der Waals surface area contributed by atoms with Gasteiger partial charge in [0.05, 0.1) is 22.3 Å². The quantitative estimate of drug-likeness (QED) is 0.494. The number of rotatable bonds is 7. The molecule has 7 nitrogen and oxygen atoms in total. The van der Waals surface area contributed by atoms with Gasteiger partial charge in [0.2, 0.25) is 5.91 Å². The maximum absolute atomic E-state index is 13.7. The Labute approximate surface area is 212 Å². The number of halogens is 1. The van der Waals surface area contributed by atoms with Crippen molar-refractivity contribution in [1.82, 2.24) is 18.8 Å². The maximum atomic E-state index is 13.7. The fraction of sp³-hybridized carbons (Fsp3) is 0.556. The highest BCUT2D eigenvalue weighted by Crippen LogP contribution is 2.33. The van der Waals surface area contributed by atoms with Gasteiger partial charge in [0.25, 0.3) is 10.0 Å². The minimum absolute atomic E-state index is 0.0886.